The van der Waals surface area contributed by atoms with E-state index in [1.165, 1.54) is 44.6 Å². The number of hydrogen-bond acceptors (Lipinski definition) is 6. The van der Waals surface area contributed by atoms with E-state index in [-0.39, 0.29) is 27.9 Å². The van der Waals surface area contributed by atoms with Crippen LogP contribution in [-0.4, -0.2) is 35.7 Å². The number of benzene rings is 1. The number of non-ortho nitro benzene ring substituents is 1. The van der Waals surface area contributed by atoms with E-state index in [1.54, 1.807) is 0 Å². The molecule has 1 atom stereocenters. The highest BCUT2D eigenvalue weighted by Crippen LogP contribution is 2.29. The van der Waals surface area contributed by atoms with Crippen LogP contribution >= 0.6 is 11.6 Å². The van der Waals surface area contributed by atoms with Crippen molar-refractivity contribution in [3.8, 4) is 0 Å². The Hall–Kier alpha value is -2.87. The van der Waals surface area contributed by atoms with E-state index in [4.69, 9.17) is 26.6 Å². The summed E-state index contributed by atoms with van der Waals surface area (Å²) in [6.45, 7) is 0. The molecule has 0 aliphatic heterocycles. The van der Waals surface area contributed by atoms with Gasteiger partial charge in [0.1, 0.15) is 5.70 Å². The summed E-state index contributed by atoms with van der Waals surface area (Å²) in [6.07, 6.45) is 0.807. The monoisotopic (exact) mass is 349 g/mol. The van der Waals surface area contributed by atoms with Gasteiger partial charge in [-0.2, -0.15) is 9.90 Å². The molecule has 10 heteroatoms. The van der Waals surface area contributed by atoms with Crippen LogP contribution in [0.2, 0.25) is 0 Å². The molecule has 0 amide bonds. The van der Waals surface area contributed by atoms with Gasteiger partial charge in [0.2, 0.25) is 0 Å². The molecule has 1 aliphatic carbocycles. The zero-order chi connectivity index (χ0) is 17.7. The summed E-state index contributed by atoms with van der Waals surface area (Å²) in [5.41, 5.74) is 9.76. The Labute approximate surface area is 141 Å². The number of nitrogens with zero attached hydrogens (tertiary/aromatic N) is 5. The Morgan fingerprint density at radius 3 is 2.46 bits per heavy atom. The first-order chi connectivity index (χ1) is 11.5. The lowest BCUT2D eigenvalue weighted by atomic mass is 10.1. The first-order valence-corrected chi connectivity index (χ1v) is 6.96. The highest BCUT2D eigenvalue weighted by Gasteiger charge is 2.35. The lowest BCUT2D eigenvalue weighted by Crippen LogP contribution is -2.27. The second-order valence-corrected chi connectivity index (χ2v) is 4.89. The van der Waals surface area contributed by atoms with Crippen molar-refractivity contribution in [2.24, 2.45) is 10.2 Å². The van der Waals surface area contributed by atoms with Gasteiger partial charge >= 0.3 is 5.71 Å². The molecule has 0 heterocycles. The molecular formula is C14H12ClN5O4. The fourth-order valence-electron chi connectivity index (χ4n) is 1.96. The van der Waals surface area contributed by atoms with Crippen molar-refractivity contribution in [2.45, 2.75) is 6.10 Å². The summed E-state index contributed by atoms with van der Waals surface area (Å²) >= 11 is 6.12. The van der Waals surface area contributed by atoms with E-state index in [2.05, 4.69) is 15.0 Å². The predicted molar refractivity (Wildman–Crippen MR) is 85.0 cm³/mol. The molecule has 0 radical (unpaired) electrons. The Morgan fingerprint density at radius 2 is 1.96 bits per heavy atom. The maximum absolute atomic E-state index is 10.6. The number of azo groups is 1. The highest BCUT2D eigenvalue weighted by atomic mass is 35.5. The first-order valence-electron chi connectivity index (χ1n) is 6.59. The van der Waals surface area contributed by atoms with E-state index in [1.807, 2.05) is 0 Å². The Morgan fingerprint density at radius 1 is 1.29 bits per heavy atom. The van der Waals surface area contributed by atoms with Crippen molar-refractivity contribution in [1.82, 2.24) is 0 Å². The fraction of sp³-hybridized carbons (Fsp3) is 0.214. The normalized spacial score (nSPS) is 17.7. The van der Waals surface area contributed by atoms with E-state index in [0.717, 1.165) is 0 Å². The number of methoxy groups -OCH3 is 2. The maximum Gasteiger partial charge on any atom is 0.346 e. The molecule has 0 N–H and O–H groups in total. The van der Waals surface area contributed by atoms with Gasteiger partial charge in [0.15, 0.2) is 16.9 Å². The summed E-state index contributed by atoms with van der Waals surface area (Å²) in [7, 11) is 2.80. The molecule has 0 aromatic heterocycles. The van der Waals surface area contributed by atoms with E-state index >= 15 is 0 Å². The minimum absolute atomic E-state index is 0.0467. The van der Waals surface area contributed by atoms with Crippen molar-refractivity contribution >= 4 is 28.7 Å². The van der Waals surface area contributed by atoms with Gasteiger partial charge in [-0.05, 0) is 18.2 Å². The van der Waals surface area contributed by atoms with Crippen LogP contribution in [0, 0.1) is 10.1 Å². The highest BCUT2D eigenvalue weighted by molar-refractivity contribution is 6.44. The Kier molecular flexibility index (Phi) is 5.54. The number of nitro benzene ring substituents is 1. The molecule has 2 rings (SSSR count). The second-order valence-electron chi connectivity index (χ2n) is 4.51. The molecule has 1 aliphatic rings. The minimum Gasteiger partial charge on any atom is -0.493 e. The number of hydrogen-bond donors (Lipinski definition) is 0. The minimum atomic E-state index is -0.716. The predicted octanol–water partition coefficient (Wildman–Crippen LogP) is 3.36. The molecule has 9 nitrogen and oxygen atoms in total. The van der Waals surface area contributed by atoms with Gasteiger partial charge in [-0.1, -0.05) is 11.6 Å². The van der Waals surface area contributed by atoms with Gasteiger partial charge in [-0.15, -0.1) is 5.11 Å². The quantitative estimate of drug-likeness (QED) is 0.350. The maximum atomic E-state index is 10.6. The molecular weight excluding hydrogens is 338 g/mol. The summed E-state index contributed by atoms with van der Waals surface area (Å²) in [6, 6.07) is 5.55. The summed E-state index contributed by atoms with van der Waals surface area (Å²) in [4.78, 5) is 13.2. The average molecular weight is 350 g/mol. The number of rotatable bonds is 5. The van der Waals surface area contributed by atoms with Crippen LogP contribution in [0.1, 0.15) is 0 Å². The van der Waals surface area contributed by atoms with Gasteiger partial charge in [-0.25, -0.2) is 0 Å². The van der Waals surface area contributed by atoms with Crippen molar-refractivity contribution in [1.29, 1.82) is 0 Å². The third-order valence-corrected chi connectivity index (χ3v) is 3.50. The molecule has 1 unspecified atom stereocenters. The molecule has 0 fully saturated rings. The number of nitro groups is 1. The largest absolute Gasteiger partial charge is 0.493 e. The summed E-state index contributed by atoms with van der Waals surface area (Å²) in [5.74, 6) is 0.170. The Balaban J connectivity index is 2.34. The van der Waals surface area contributed by atoms with Crippen LogP contribution in [0.15, 0.2) is 57.1 Å². The fourth-order valence-corrected chi connectivity index (χ4v) is 2.28. The van der Waals surface area contributed by atoms with Crippen LogP contribution < -0.4 is 0 Å². The van der Waals surface area contributed by atoms with E-state index < -0.39 is 11.0 Å². The van der Waals surface area contributed by atoms with Gasteiger partial charge in [-0.3, -0.25) is 10.1 Å². The van der Waals surface area contributed by atoms with Crippen LogP contribution in [0.5, 0.6) is 0 Å². The zero-order valence-corrected chi connectivity index (χ0v) is 13.5. The summed E-state index contributed by atoms with van der Waals surface area (Å²) in [5, 5.41) is 18.7. The molecule has 0 spiro atoms. The number of halogens is 1. The van der Waals surface area contributed by atoms with Gasteiger partial charge in [0.05, 0.1) is 17.7 Å². The smallest absolute Gasteiger partial charge is 0.346 e. The molecule has 124 valence electrons. The molecule has 24 heavy (non-hydrogen) atoms. The van der Waals surface area contributed by atoms with Crippen LogP contribution in [0.25, 0.3) is 5.53 Å². The molecule has 0 saturated heterocycles. The van der Waals surface area contributed by atoms with Gasteiger partial charge < -0.3 is 15.0 Å². The van der Waals surface area contributed by atoms with E-state index in [0.29, 0.717) is 5.69 Å². The molecule has 1 aromatic rings. The third kappa shape index (κ3) is 3.54. The number of ether oxygens (including phenoxy) is 2. The van der Waals surface area contributed by atoms with Crippen LogP contribution in [-0.2, 0) is 9.47 Å². The SMILES string of the molecule is COC1=C(Cl)C(=[N+]=[N-])C(OC)C=C1N=Nc1ccc([N+](=O)[O-])cc1. The van der Waals surface area contributed by atoms with Crippen molar-refractivity contribution in [3.63, 3.8) is 0 Å². The van der Waals surface area contributed by atoms with E-state index in [9.17, 15) is 10.1 Å². The molecule has 0 bridgehead atoms. The average Bonchev–Trinajstić information content (AvgIpc) is 2.59. The van der Waals surface area contributed by atoms with Crippen molar-refractivity contribution in [3.05, 3.63) is 62.5 Å². The standard InChI is InChI=1S/C14H12ClN5O4/c1-23-11-7-10(14(24-2)12(15)13(11)17-16)19-18-8-3-5-9(6-4-8)20(21)22/h3-7,11H,1-2H3. The summed E-state index contributed by atoms with van der Waals surface area (Å²) < 4.78 is 10.3. The lowest BCUT2D eigenvalue weighted by molar-refractivity contribution is -0.384. The van der Waals surface area contributed by atoms with Gasteiger partial charge in [0, 0.05) is 19.2 Å². The van der Waals surface area contributed by atoms with Crippen LogP contribution in [0.4, 0.5) is 11.4 Å². The molecule has 0 saturated carbocycles. The zero-order valence-electron chi connectivity index (χ0n) is 12.7. The van der Waals surface area contributed by atoms with Crippen LogP contribution in [0.3, 0.4) is 0 Å². The lowest BCUT2D eigenvalue weighted by Gasteiger charge is -2.16. The molecule has 1 aromatic carbocycles. The first kappa shape index (κ1) is 17.5. The van der Waals surface area contributed by atoms with Crippen molar-refractivity contribution in [2.75, 3.05) is 14.2 Å². The third-order valence-electron chi connectivity index (χ3n) is 3.14. The van der Waals surface area contributed by atoms with Crippen molar-refractivity contribution < 1.29 is 19.2 Å². The Bertz CT molecular complexity index is 794. The topological polar surface area (TPSA) is 123 Å². The van der Waals surface area contributed by atoms with Gasteiger partial charge in [0.25, 0.3) is 5.69 Å². The second kappa shape index (κ2) is 7.60.